The minimum Gasteiger partial charge on any atom is -0.495 e. The molecule has 0 aliphatic rings. The van der Waals surface area contributed by atoms with Crippen LogP contribution < -0.4 is 14.9 Å². The molecule has 34 heavy (non-hydrogen) atoms. The van der Waals surface area contributed by atoms with Gasteiger partial charge in [-0.3, -0.25) is 25.1 Å². The van der Waals surface area contributed by atoms with Gasteiger partial charge in [0.1, 0.15) is 10.6 Å². The summed E-state index contributed by atoms with van der Waals surface area (Å²) in [5.74, 6) is -0.749. The first kappa shape index (κ1) is 24.7. The van der Waals surface area contributed by atoms with Crippen molar-refractivity contribution in [3.05, 3.63) is 75.0 Å². The number of carbonyl (C=O) groups is 1. The van der Waals surface area contributed by atoms with Gasteiger partial charge in [0.2, 0.25) is 0 Å². The van der Waals surface area contributed by atoms with Crippen LogP contribution in [0.2, 0.25) is 0 Å². The number of nitrogens with one attached hydrogen (secondary N) is 2. The Morgan fingerprint density at radius 3 is 2.56 bits per heavy atom. The molecule has 0 atom stereocenters. The molecule has 3 N–H and O–H groups in total. The normalized spacial score (nSPS) is 11.6. The average molecular weight is 505 g/mol. The van der Waals surface area contributed by atoms with E-state index >= 15 is 0 Å². The number of aliphatic carboxylic acids is 1. The van der Waals surface area contributed by atoms with Gasteiger partial charge < -0.3 is 9.84 Å². The highest BCUT2D eigenvalue weighted by atomic mass is 32.2. The number of ether oxygens (including phenoxy) is 1. The molecule has 0 amide bonds. The highest BCUT2D eigenvalue weighted by Crippen LogP contribution is 2.31. The number of hydrogen-bond acceptors (Lipinski definition) is 9. The molecule has 3 aromatic rings. The standard InChI is InChI=1S/C21H20N4O7S2/c1-32-18-6-3-2-5-15(18)24-34(30,31)20-13-14(25(28)29)8-9-17(20)23-22-16(10-11-21(26)27)19-7-4-12-33-19/h2-9,12-13,23-24H,10-11H2,1H3,(H,26,27)/b22-16-. The lowest BCUT2D eigenvalue weighted by Crippen LogP contribution is -2.16. The lowest BCUT2D eigenvalue weighted by molar-refractivity contribution is -0.385. The van der Waals surface area contributed by atoms with E-state index in [2.05, 4.69) is 15.2 Å². The largest absolute Gasteiger partial charge is 0.495 e. The van der Waals surface area contributed by atoms with Crippen molar-refractivity contribution in [2.45, 2.75) is 17.7 Å². The molecule has 3 rings (SSSR count). The Morgan fingerprint density at radius 2 is 1.91 bits per heavy atom. The van der Waals surface area contributed by atoms with E-state index in [4.69, 9.17) is 9.84 Å². The maximum Gasteiger partial charge on any atom is 0.303 e. The van der Waals surface area contributed by atoms with E-state index in [0.29, 0.717) is 10.6 Å². The molecule has 0 radical (unpaired) electrons. The molecule has 2 aromatic carbocycles. The quantitative estimate of drug-likeness (QED) is 0.199. The number of benzene rings is 2. The number of hydrogen-bond donors (Lipinski definition) is 3. The zero-order valence-electron chi connectivity index (χ0n) is 17.8. The molecule has 1 heterocycles. The van der Waals surface area contributed by atoms with Gasteiger partial charge >= 0.3 is 5.97 Å². The number of para-hydroxylation sites is 2. The van der Waals surface area contributed by atoms with Crippen molar-refractivity contribution in [1.29, 1.82) is 0 Å². The summed E-state index contributed by atoms with van der Waals surface area (Å²) in [5.41, 5.74) is 2.72. The molecular weight excluding hydrogens is 484 g/mol. The summed E-state index contributed by atoms with van der Waals surface area (Å²) in [5, 5.41) is 26.3. The number of carboxylic acid groups (broad SMARTS) is 1. The van der Waals surface area contributed by atoms with E-state index < -0.39 is 31.5 Å². The van der Waals surface area contributed by atoms with Gasteiger partial charge in [0.25, 0.3) is 15.7 Å². The van der Waals surface area contributed by atoms with Crippen molar-refractivity contribution in [2.75, 3.05) is 17.3 Å². The zero-order chi connectivity index (χ0) is 24.7. The summed E-state index contributed by atoms with van der Waals surface area (Å²) in [4.78, 5) is 21.9. The van der Waals surface area contributed by atoms with Crippen molar-refractivity contribution < 1.29 is 28.0 Å². The number of nitro benzene ring substituents is 1. The van der Waals surface area contributed by atoms with Crippen molar-refractivity contribution >= 4 is 50.1 Å². The van der Waals surface area contributed by atoms with Gasteiger partial charge in [-0.2, -0.15) is 5.10 Å². The molecule has 11 nitrogen and oxygen atoms in total. The molecule has 0 fully saturated rings. The fourth-order valence-electron chi connectivity index (χ4n) is 2.90. The Kier molecular flexibility index (Phi) is 7.81. The van der Waals surface area contributed by atoms with E-state index in [1.54, 1.807) is 35.7 Å². The van der Waals surface area contributed by atoms with Crippen LogP contribution in [-0.4, -0.2) is 37.2 Å². The Balaban J connectivity index is 2.02. The van der Waals surface area contributed by atoms with E-state index in [9.17, 15) is 23.3 Å². The van der Waals surface area contributed by atoms with Crippen molar-refractivity contribution in [3.63, 3.8) is 0 Å². The molecule has 13 heteroatoms. The third kappa shape index (κ3) is 6.08. The molecular formula is C21H20N4O7S2. The van der Waals surface area contributed by atoms with Crippen LogP contribution in [0.3, 0.4) is 0 Å². The number of methoxy groups -OCH3 is 1. The number of anilines is 2. The first-order chi connectivity index (χ1) is 16.2. The van der Waals surface area contributed by atoms with Crippen molar-refractivity contribution in [1.82, 2.24) is 0 Å². The highest BCUT2D eigenvalue weighted by Gasteiger charge is 2.24. The third-order valence-corrected chi connectivity index (χ3v) is 6.83. The zero-order valence-corrected chi connectivity index (χ0v) is 19.4. The molecule has 178 valence electrons. The Bertz CT molecular complexity index is 1320. The van der Waals surface area contributed by atoms with Gasteiger partial charge in [-0.1, -0.05) is 18.2 Å². The van der Waals surface area contributed by atoms with Crippen LogP contribution in [0.5, 0.6) is 5.75 Å². The highest BCUT2D eigenvalue weighted by molar-refractivity contribution is 7.93. The molecule has 0 unspecified atom stereocenters. The molecule has 1 aromatic heterocycles. The molecule has 0 spiro atoms. The fraction of sp³-hybridized carbons (Fsp3) is 0.143. The molecule has 0 aliphatic heterocycles. The van der Waals surface area contributed by atoms with Crippen molar-refractivity contribution in [2.24, 2.45) is 5.10 Å². The third-order valence-electron chi connectivity index (χ3n) is 4.51. The predicted molar refractivity (Wildman–Crippen MR) is 128 cm³/mol. The van der Waals surface area contributed by atoms with Gasteiger partial charge in [-0.05, 0) is 29.6 Å². The number of carboxylic acids is 1. The Hall–Kier alpha value is -3.97. The topological polar surface area (TPSA) is 160 Å². The average Bonchev–Trinajstić information content (AvgIpc) is 3.33. The van der Waals surface area contributed by atoms with Crippen LogP contribution in [0.4, 0.5) is 17.1 Å². The molecule has 0 saturated carbocycles. The summed E-state index contributed by atoms with van der Waals surface area (Å²) < 4.78 is 33.9. The van der Waals surface area contributed by atoms with E-state index in [-0.39, 0.29) is 30.0 Å². The van der Waals surface area contributed by atoms with E-state index in [0.717, 1.165) is 12.1 Å². The molecule has 0 saturated heterocycles. The van der Waals surface area contributed by atoms with Crippen molar-refractivity contribution in [3.8, 4) is 5.75 Å². The number of nitro groups is 1. The maximum atomic E-state index is 13.2. The SMILES string of the molecule is COc1ccccc1NS(=O)(=O)c1cc([N+](=O)[O-])ccc1N/N=C(/CCC(=O)O)c1cccs1. The second-order valence-corrected chi connectivity index (χ2v) is 9.38. The van der Waals surface area contributed by atoms with Gasteiger partial charge in [0.15, 0.2) is 0 Å². The van der Waals surface area contributed by atoms with Gasteiger partial charge in [0, 0.05) is 18.6 Å². The van der Waals surface area contributed by atoms with Crippen LogP contribution in [0, 0.1) is 10.1 Å². The van der Waals surface area contributed by atoms with Gasteiger partial charge in [-0.15, -0.1) is 11.3 Å². The predicted octanol–water partition coefficient (Wildman–Crippen LogP) is 4.15. The summed E-state index contributed by atoms with van der Waals surface area (Å²) >= 11 is 1.34. The summed E-state index contributed by atoms with van der Waals surface area (Å²) in [7, 11) is -2.94. The van der Waals surface area contributed by atoms with Crippen LogP contribution in [0.25, 0.3) is 0 Å². The fourth-order valence-corrected chi connectivity index (χ4v) is 4.89. The smallest absolute Gasteiger partial charge is 0.303 e. The minimum absolute atomic E-state index is 0.0302. The van der Waals surface area contributed by atoms with Gasteiger partial charge in [-0.25, -0.2) is 8.42 Å². The Morgan fingerprint density at radius 1 is 1.15 bits per heavy atom. The lowest BCUT2D eigenvalue weighted by atomic mass is 10.2. The second-order valence-electron chi connectivity index (χ2n) is 6.78. The summed E-state index contributed by atoms with van der Waals surface area (Å²) in [6.07, 6.45) is -0.0867. The maximum absolute atomic E-state index is 13.2. The summed E-state index contributed by atoms with van der Waals surface area (Å²) in [6, 6.07) is 13.1. The second kappa shape index (κ2) is 10.8. The monoisotopic (exact) mass is 504 g/mol. The number of rotatable bonds is 11. The van der Waals surface area contributed by atoms with E-state index in [1.807, 2.05) is 0 Å². The summed E-state index contributed by atoms with van der Waals surface area (Å²) in [6.45, 7) is 0. The molecule has 0 aliphatic carbocycles. The number of hydrazone groups is 1. The van der Waals surface area contributed by atoms with Crippen LogP contribution in [-0.2, 0) is 14.8 Å². The van der Waals surface area contributed by atoms with Crippen LogP contribution >= 0.6 is 11.3 Å². The minimum atomic E-state index is -4.32. The lowest BCUT2D eigenvalue weighted by Gasteiger charge is -2.14. The van der Waals surface area contributed by atoms with E-state index in [1.165, 1.54) is 30.6 Å². The molecule has 0 bridgehead atoms. The number of sulfonamides is 1. The first-order valence-electron chi connectivity index (χ1n) is 9.74. The van der Waals surface area contributed by atoms with Gasteiger partial charge in [0.05, 0.1) is 40.4 Å². The number of thiophene rings is 1. The van der Waals surface area contributed by atoms with Crippen LogP contribution in [0.15, 0.2) is 70.0 Å². The number of non-ortho nitro benzene ring substituents is 1. The first-order valence-corrected chi connectivity index (χ1v) is 12.1. The van der Waals surface area contributed by atoms with Crippen LogP contribution in [0.1, 0.15) is 17.7 Å². The number of nitrogens with zero attached hydrogens (tertiary/aromatic N) is 2. The Labute approximate surface area is 198 Å².